The molecule has 0 saturated carbocycles. The SMILES string of the molecule is CCO.CCO.COS(=O)(=O)O.N. The van der Waals surface area contributed by atoms with Crippen LogP contribution in [0, 0.1) is 0 Å². The number of hydrogen-bond acceptors (Lipinski definition) is 6. The van der Waals surface area contributed by atoms with Gasteiger partial charge in [0, 0.05) is 13.2 Å². The predicted molar refractivity (Wildman–Crippen MR) is 49.1 cm³/mol. The molecule has 6 N–H and O–H groups in total. The number of rotatable bonds is 1. The van der Waals surface area contributed by atoms with Crippen molar-refractivity contribution in [3.05, 3.63) is 0 Å². The van der Waals surface area contributed by atoms with Gasteiger partial charge in [0.2, 0.25) is 0 Å². The number of aliphatic hydroxyl groups is 2. The molecule has 0 saturated heterocycles. The molecule has 0 aliphatic rings. The predicted octanol–water partition coefficient (Wildman–Crippen LogP) is -0.405. The minimum Gasteiger partial charge on any atom is -0.397 e. The van der Waals surface area contributed by atoms with Gasteiger partial charge in [-0.25, -0.2) is 0 Å². The molecule has 0 aromatic carbocycles. The van der Waals surface area contributed by atoms with Crippen LogP contribution in [-0.2, 0) is 14.6 Å². The summed E-state index contributed by atoms with van der Waals surface area (Å²) in [6, 6.07) is 0. The van der Waals surface area contributed by atoms with Crippen LogP contribution in [-0.4, -0.2) is 43.5 Å². The molecule has 13 heavy (non-hydrogen) atoms. The standard InChI is InChI=1S/2C2H6O.CH4O4S.H3N/c2*1-2-3;1-5-6(2,3)4;/h2*3H,2H2,1H3;1H3,(H,2,3,4);1H3. The minimum atomic E-state index is -4.16. The molecule has 0 aromatic heterocycles. The quantitative estimate of drug-likeness (QED) is 0.441. The first-order valence-electron chi connectivity index (χ1n) is 3.14. The average molecular weight is 221 g/mol. The van der Waals surface area contributed by atoms with E-state index in [0.29, 0.717) is 0 Å². The fraction of sp³-hybridized carbons (Fsp3) is 1.00. The summed E-state index contributed by atoms with van der Waals surface area (Å²) in [5.74, 6) is 0. The number of hydrogen-bond donors (Lipinski definition) is 4. The Morgan fingerprint density at radius 3 is 1.23 bits per heavy atom. The highest BCUT2D eigenvalue weighted by atomic mass is 32.3. The Morgan fingerprint density at radius 2 is 1.23 bits per heavy atom. The zero-order chi connectivity index (χ0) is 10.6. The molecule has 0 unspecified atom stereocenters. The Balaban J connectivity index is -0.0000000501. The molecule has 0 heterocycles. The van der Waals surface area contributed by atoms with Crippen LogP contribution in [0.3, 0.4) is 0 Å². The lowest BCUT2D eigenvalue weighted by molar-refractivity contribution is 0.318. The molecule has 86 valence electrons. The molecule has 0 radical (unpaired) electrons. The Labute approximate surface area is 78.9 Å². The summed E-state index contributed by atoms with van der Waals surface area (Å²) >= 11 is 0. The summed E-state index contributed by atoms with van der Waals surface area (Å²) in [5, 5.41) is 15.1. The first kappa shape index (κ1) is 23.0. The van der Waals surface area contributed by atoms with Gasteiger partial charge < -0.3 is 16.4 Å². The fourth-order valence-electron chi connectivity index (χ4n) is 0. The summed E-state index contributed by atoms with van der Waals surface area (Å²) in [6.45, 7) is 3.86. The zero-order valence-corrected chi connectivity index (χ0v) is 8.91. The third-order valence-corrected chi connectivity index (χ3v) is 0.632. The number of aliphatic hydroxyl groups excluding tert-OH is 2. The van der Waals surface area contributed by atoms with Gasteiger partial charge in [-0.3, -0.25) is 8.74 Å². The molecular weight excluding hydrogens is 202 g/mol. The van der Waals surface area contributed by atoms with Gasteiger partial charge in [-0.1, -0.05) is 0 Å². The van der Waals surface area contributed by atoms with E-state index in [0.717, 1.165) is 7.11 Å². The first-order valence-corrected chi connectivity index (χ1v) is 4.50. The van der Waals surface area contributed by atoms with Crippen LogP contribution in [0.4, 0.5) is 0 Å². The van der Waals surface area contributed by atoms with Crippen LogP contribution in [0.2, 0.25) is 0 Å². The molecule has 0 aromatic rings. The van der Waals surface area contributed by atoms with Crippen molar-refractivity contribution in [1.82, 2.24) is 6.15 Å². The van der Waals surface area contributed by atoms with Crippen molar-refractivity contribution >= 4 is 10.4 Å². The van der Waals surface area contributed by atoms with Crippen molar-refractivity contribution < 1.29 is 27.4 Å². The molecule has 0 rings (SSSR count). The Kier molecular flexibility index (Phi) is 31.4. The van der Waals surface area contributed by atoms with Crippen LogP contribution in [0.25, 0.3) is 0 Å². The molecule has 0 atom stereocenters. The van der Waals surface area contributed by atoms with Crippen molar-refractivity contribution in [2.75, 3.05) is 20.3 Å². The lowest BCUT2D eigenvalue weighted by Gasteiger charge is -1.82. The van der Waals surface area contributed by atoms with E-state index in [4.69, 9.17) is 14.8 Å². The highest BCUT2D eigenvalue weighted by molar-refractivity contribution is 7.80. The largest absolute Gasteiger partial charge is 0.397 e. The first-order chi connectivity index (χ1) is 5.39. The van der Waals surface area contributed by atoms with Crippen molar-refractivity contribution in [3.8, 4) is 0 Å². The van der Waals surface area contributed by atoms with E-state index in [1.54, 1.807) is 13.8 Å². The van der Waals surface area contributed by atoms with Gasteiger partial charge in [0.15, 0.2) is 0 Å². The average Bonchev–Trinajstić information content (AvgIpc) is 1.90. The van der Waals surface area contributed by atoms with Crippen LogP contribution in [0.5, 0.6) is 0 Å². The third kappa shape index (κ3) is 148. The van der Waals surface area contributed by atoms with E-state index in [9.17, 15) is 8.42 Å². The fourth-order valence-corrected chi connectivity index (χ4v) is 0. The van der Waals surface area contributed by atoms with Gasteiger partial charge in [0.1, 0.15) is 0 Å². The van der Waals surface area contributed by atoms with Gasteiger partial charge in [0.25, 0.3) is 0 Å². The molecule has 0 aliphatic carbocycles. The Morgan fingerprint density at radius 1 is 1.15 bits per heavy atom. The summed E-state index contributed by atoms with van der Waals surface area (Å²) in [6.07, 6.45) is 0. The summed E-state index contributed by atoms with van der Waals surface area (Å²) in [4.78, 5) is 0. The zero-order valence-electron chi connectivity index (χ0n) is 8.10. The molecule has 0 spiro atoms. The Hall–Kier alpha value is -0.250. The minimum absolute atomic E-state index is 0. The summed E-state index contributed by atoms with van der Waals surface area (Å²) in [7, 11) is -3.29. The topological polar surface area (TPSA) is 139 Å². The lowest BCUT2D eigenvalue weighted by atomic mass is 10.9. The second-order valence-electron chi connectivity index (χ2n) is 1.23. The van der Waals surface area contributed by atoms with Crippen molar-refractivity contribution in [1.29, 1.82) is 0 Å². The van der Waals surface area contributed by atoms with Gasteiger partial charge >= 0.3 is 10.4 Å². The monoisotopic (exact) mass is 221 g/mol. The second kappa shape index (κ2) is 17.7. The van der Waals surface area contributed by atoms with Crippen LogP contribution in [0.15, 0.2) is 0 Å². The lowest BCUT2D eigenvalue weighted by Crippen LogP contribution is -1.96. The van der Waals surface area contributed by atoms with Crippen LogP contribution in [0.1, 0.15) is 13.8 Å². The molecule has 0 bridgehead atoms. The third-order valence-electron chi connectivity index (χ3n) is 0.211. The maximum Gasteiger partial charge on any atom is 0.397 e. The summed E-state index contributed by atoms with van der Waals surface area (Å²) < 4.78 is 29.7. The molecule has 0 aliphatic heterocycles. The van der Waals surface area contributed by atoms with Gasteiger partial charge in [-0.2, -0.15) is 8.42 Å². The molecule has 0 fully saturated rings. The second-order valence-corrected chi connectivity index (χ2v) is 2.42. The molecular formula is C5H19NO6S. The Bertz CT molecular complexity index is 143. The van der Waals surface area contributed by atoms with Crippen molar-refractivity contribution in [2.24, 2.45) is 0 Å². The highest BCUT2D eigenvalue weighted by Gasteiger charge is 1.93. The van der Waals surface area contributed by atoms with E-state index < -0.39 is 10.4 Å². The molecule has 0 amide bonds. The van der Waals surface area contributed by atoms with Gasteiger partial charge in [-0.15, -0.1) is 0 Å². The smallest absolute Gasteiger partial charge is 0.397 e. The molecule has 8 heteroatoms. The van der Waals surface area contributed by atoms with Crippen molar-refractivity contribution in [2.45, 2.75) is 13.8 Å². The van der Waals surface area contributed by atoms with Crippen LogP contribution < -0.4 is 6.15 Å². The molecule has 7 nitrogen and oxygen atoms in total. The van der Waals surface area contributed by atoms with Gasteiger partial charge in [0.05, 0.1) is 7.11 Å². The maximum atomic E-state index is 9.33. The normalized spacial score (nSPS) is 8.15. The summed E-state index contributed by atoms with van der Waals surface area (Å²) in [5.41, 5.74) is 0. The van der Waals surface area contributed by atoms with E-state index in [2.05, 4.69) is 4.18 Å². The maximum absolute atomic E-state index is 9.33. The van der Waals surface area contributed by atoms with E-state index in [1.165, 1.54) is 0 Å². The van der Waals surface area contributed by atoms with Crippen LogP contribution >= 0.6 is 0 Å². The van der Waals surface area contributed by atoms with E-state index >= 15 is 0 Å². The van der Waals surface area contributed by atoms with E-state index in [1.807, 2.05) is 0 Å². The van der Waals surface area contributed by atoms with Crippen molar-refractivity contribution in [3.63, 3.8) is 0 Å². The highest BCUT2D eigenvalue weighted by Crippen LogP contribution is 1.74. The van der Waals surface area contributed by atoms with Gasteiger partial charge in [-0.05, 0) is 13.8 Å². The van der Waals surface area contributed by atoms with E-state index in [-0.39, 0.29) is 19.4 Å².